The smallest absolute Gasteiger partial charge is 0.310 e. The normalized spacial score (nSPS) is 19.6. The van der Waals surface area contributed by atoms with Crippen molar-refractivity contribution < 1.29 is 9.66 Å². The van der Waals surface area contributed by atoms with Crippen LogP contribution in [0.4, 0.5) is 11.4 Å². The number of rotatable bonds is 3. The fourth-order valence-electron chi connectivity index (χ4n) is 2.08. The summed E-state index contributed by atoms with van der Waals surface area (Å²) in [6.07, 6.45) is 1.01. The van der Waals surface area contributed by atoms with E-state index in [0.29, 0.717) is 12.2 Å². The summed E-state index contributed by atoms with van der Waals surface area (Å²) in [4.78, 5) is 12.5. The van der Waals surface area contributed by atoms with Crippen LogP contribution in [-0.2, 0) is 4.74 Å². The van der Waals surface area contributed by atoms with Crippen molar-refractivity contribution in [2.45, 2.75) is 12.5 Å². The number of nitro benzene ring substituents is 1. The van der Waals surface area contributed by atoms with Crippen LogP contribution in [0.1, 0.15) is 6.42 Å². The standard InChI is InChI=1S/C11H13ClN2O3/c1-17-8-5-6-13(7-8)10-4-2-3-9(12)11(10)14(15)16/h2-4,8H,5-7H2,1H3. The minimum absolute atomic E-state index is 0.0223. The van der Waals surface area contributed by atoms with Crippen LogP contribution in [0, 0.1) is 10.1 Å². The van der Waals surface area contributed by atoms with E-state index in [0.717, 1.165) is 13.0 Å². The molecule has 1 aliphatic rings. The van der Waals surface area contributed by atoms with Gasteiger partial charge in [-0.25, -0.2) is 0 Å². The molecule has 0 radical (unpaired) electrons. The Hall–Kier alpha value is -1.33. The molecule has 1 heterocycles. The summed E-state index contributed by atoms with van der Waals surface area (Å²) in [5.41, 5.74) is 0.549. The molecule has 1 fully saturated rings. The van der Waals surface area contributed by atoms with Gasteiger partial charge in [0, 0.05) is 20.2 Å². The Morgan fingerprint density at radius 2 is 2.35 bits per heavy atom. The Labute approximate surface area is 104 Å². The Kier molecular flexibility index (Phi) is 3.49. The molecule has 17 heavy (non-hydrogen) atoms. The van der Waals surface area contributed by atoms with E-state index >= 15 is 0 Å². The number of halogens is 1. The molecular formula is C11H13ClN2O3. The molecule has 0 saturated carbocycles. The van der Waals surface area contributed by atoms with Gasteiger partial charge in [-0.1, -0.05) is 17.7 Å². The first-order valence-corrected chi connectivity index (χ1v) is 5.72. The molecule has 1 saturated heterocycles. The zero-order chi connectivity index (χ0) is 12.4. The number of nitrogens with zero attached hydrogens (tertiary/aromatic N) is 2. The molecule has 5 nitrogen and oxygen atoms in total. The number of benzene rings is 1. The van der Waals surface area contributed by atoms with Gasteiger partial charge in [0.2, 0.25) is 0 Å². The Morgan fingerprint density at radius 1 is 1.59 bits per heavy atom. The van der Waals surface area contributed by atoms with Gasteiger partial charge in [0.15, 0.2) is 0 Å². The summed E-state index contributed by atoms with van der Waals surface area (Å²) in [6.45, 7) is 1.41. The van der Waals surface area contributed by atoms with E-state index < -0.39 is 4.92 Å². The highest BCUT2D eigenvalue weighted by atomic mass is 35.5. The summed E-state index contributed by atoms with van der Waals surface area (Å²) in [7, 11) is 1.65. The first-order chi connectivity index (χ1) is 8.13. The molecule has 6 heteroatoms. The Balaban J connectivity index is 2.33. The first kappa shape index (κ1) is 12.1. The number of anilines is 1. The third-order valence-electron chi connectivity index (χ3n) is 2.97. The molecule has 0 aliphatic carbocycles. The van der Waals surface area contributed by atoms with E-state index in [2.05, 4.69) is 0 Å². The number of ether oxygens (including phenoxy) is 1. The van der Waals surface area contributed by atoms with Crippen molar-refractivity contribution in [2.24, 2.45) is 0 Å². The van der Waals surface area contributed by atoms with Crippen molar-refractivity contribution in [3.05, 3.63) is 33.3 Å². The molecule has 0 N–H and O–H groups in total. The maximum Gasteiger partial charge on any atom is 0.310 e. The number of nitro groups is 1. The predicted octanol–water partition coefficient (Wildman–Crippen LogP) is 2.47. The summed E-state index contributed by atoms with van der Waals surface area (Å²) < 4.78 is 5.25. The second kappa shape index (κ2) is 4.89. The molecule has 1 aromatic rings. The molecule has 0 aromatic heterocycles. The Morgan fingerprint density at radius 3 is 2.94 bits per heavy atom. The third-order valence-corrected chi connectivity index (χ3v) is 3.27. The van der Waals surface area contributed by atoms with Gasteiger partial charge in [-0.3, -0.25) is 10.1 Å². The monoisotopic (exact) mass is 256 g/mol. The minimum Gasteiger partial charge on any atom is -0.380 e. The van der Waals surface area contributed by atoms with Gasteiger partial charge in [0.25, 0.3) is 0 Å². The van der Waals surface area contributed by atoms with Crippen molar-refractivity contribution in [1.82, 2.24) is 0 Å². The van der Waals surface area contributed by atoms with Gasteiger partial charge in [0.05, 0.1) is 11.0 Å². The maximum atomic E-state index is 11.0. The van der Waals surface area contributed by atoms with E-state index in [4.69, 9.17) is 16.3 Å². The minimum atomic E-state index is -0.433. The van der Waals surface area contributed by atoms with Gasteiger partial charge in [-0.2, -0.15) is 0 Å². The zero-order valence-corrected chi connectivity index (χ0v) is 10.2. The van der Waals surface area contributed by atoms with E-state index in [1.807, 2.05) is 4.90 Å². The molecule has 2 rings (SSSR count). The van der Waals surface area contributed by atoms with Crippen LogP contribution in [0.3, 0.4) is 0 Å². The predicted molar refractivity (Wildman–Crippen MR) is 65.7 cm³/mol. The van der Waals surface area contributed by atoms with Crippen LogP contribution in [-0.4, -0.2) is 31.2 Å². The van der Waals surface area contributed by atoms with Crippen molar-refractivity contribution in [3.63, 3.8) is 0 Å². The van der Waals surface area contributed by atoms with E-state index in [1.165, 1.54) is 6.07 Å². The van der Waals surface area contributed by atoms with Gasteiger partial charge < -0.3 is 9.64 Å². The van der Waals surface area contributed by atoms with Gasteiger partial charge in [0.1, 0.15) is 10.7 Å². The van der Waals surface area contributed by atoms with E-state index in [1.54, 1.807) is 19.2 Å². The van der Waals surface area contributed by atoms with Crippen molar-refractivity contribution in [3.8, 4) is 0 Å². The number of hydrogen-bond donors (Lipinski definition) is 0. The van der Waals surface area contributed by atoms with Crippen LogP contribution < -0.4 is 4.90 Å². The lowest BCUT2D eigenvalue weighted by atomic mass is 10.2. The van der Waals surface area contributed by atoms with E-state index in [-0.39, 0.29) is 16.8 Å². The quantitative estimate of drug-likeness (QED) is 0.616. The second-order valence-electron chi connectivity index (χ2n) is 3.96. The molecule has 0 bridgehead atoms. The summed E-state index contributed by atoms with van der Waals surface area (Å²) in [6, 6.07) is 4.99. The maximum absolute atomic E-state index is 11.0. The Bertz CT molecular complexity index is 439. The van der Waals surface area contributed by atoms with Crippen LogP contribution in [0.15, 0.2) is 18.2 Å². The molecule has 1 atom stereocenters. The van der Waals surface area contributed by atoms with Gasteiger partial charge in [-0.15, -0.1) is 0 Å². The summed E-state index contributed by atoms with van der Waals surface area (Å²) >= 11 is 5.87. The average Bonchev–Trinajstić information content (AvgIpc) is 2.76. The molecule has 1 aliphatic heterocycles. The average molecular weight is 257 g/mol. The molecule has 1 unspecified atom stereocenters. The fraction of sp³-hybridized carbons (Fsp3) is 0.455. The highest BCUT2D eigenvalue weighted by Gasteiger charge is 2.28. The van der Waals surface area contributed by atoms with Crippen LogP contribution in [0.25, 0.3) is 0 Å². The molecule has 0 amide bonds. The van der Waals surface area contributed by atoms with Crippen molar-refractivity contribution in [2.75, 3.05) is 25.1 Å². The highest BCUT2D eigenvalue weighted by molar-refractivity contribution is 6.33. The highest BCUT2D eigenvalue weighted by Crippen LogP contribution is 2.36. The lowest BCUT2D eigenvalue weighted by Crippen LogP contribution is -2.23. The molecular weight excluding hydrogens is 244 g/mol. The first-order valence-electron chi connectivity index (χ1n) is 5.34. The second-order valence-corrected chi connectivity index (χ2v) is 4.36. The van der Waals surface area contributed by atoms with Gasteiger partial charge in [-0.05, 0) is 18.6 Å². The fourth-order valence-corrected chi connectivity index (χ4v) is 2.32. The summed E-state index contributed by atoms with van der Waals surface area (Å²) in [5, 5.41) is 11.2. The SMILES string of the molecule is COC1CCN(c2cccc(Cl)c2[N+](=O)[O-])C1. The third kappa shape index (κ3) is 2.35. The van der Waals surface area contributed by atoms with Crippen LogP contribution in [0.2, 0.25) is 5.02 Å². The largest absolute Gasteiger partial charge is 0.380 e. The van der Waals surface area contributed by atoms with Gasteiger partial charge >= 0.3 is 5.69 Å². The topological polar surface area (TPSA) is 55.6 Å². The lowest BCUT2D eigenvalue weighted by Gasteiger charge is -2.18. The van der Waals surface area contributed by atoms with Crippen molar-refractivity contribution >= 4 is 23.0 Å². The molecule has 0 spiro atoms. The number of para-hydroxylation sites is 1. The molecule has 92 valence electrons. The van der Waals surface area contributed by atoms with Crippen LogP contribution >= 0.6 is 11.6 Å². The summed E-state index contributed by atoms with van der Waals surface area (Å²) in [5.74, 6) is 0. The molecule has 1 aromatic carbocycles. The zero-order valence-electron chi connectivity index (χ0n) is 9.43. The van der Waals surface area contributed by atoms with E-state index in [9.17, 15) is 10.1 Å². The lowest BCUT2D eigenvalue weighted by molar-refractivity contribution is -0.384. The number of methoxy groups -OCH3 is 1. The van der Waals surface area contributed by atoms with Crippen LogP contribution in [0.5, 0.6) is 0 Å². The number of hydrogen-bond acceptors (Lipinski definition) is 4. The van der Waals surface area contributed by atoms with Crippen molar-refractivity contribution in [1.29, 1.82) is 0 Å².